The highest BCUT2D eigenvalue weighted by Gasteiger charge is 2.05. The van der Waals surface area contributed by atoms with Gasteiger partial charge >= 0.3 is 11.9 Å². The molecule has 2 aromatic rings. The minimum atomic E-state index is -1.82. The number of hydrogen-bond acceptors (Lipinski definition) is 5. The van der Waals surface area contributed by atoms with Gasteiger partial charge in [-0.15, -0.1) is 0 Å². The van der Waals surface area contributed by atoms with Gasteiger partial charge in [0.05, 0.1) is 13.2 Å². The van der Waals surface area contributed by atoms with E-state index in [2.05, 4.69) is 37.4 Å². The van der Waals surface area contributed by atoms with Crippen LogP contribution in [0.25, 0.3) is 11.1 Å². The zero-order valence-electron chi connectivity index (χ0n) is 16.8. The van der Waals surface area contributed by atoms with Crippen LogP contribution in [0.2, 0.25) is 0 Å². The van der Waals surface area contributed by atoms with Crippen LogP contribution in [0.1, 0.15) is 20.3 Å². The second-order valence-electron chi connectivity index (χ2n) is 6.20. The molecule has 2 rings (SSSR count). The van der Waals surface area contributed by atoms with Crippen LogP contribution < -0.4 is 10.1 Å². The molecule has 0 aromatic heterocycles. The summed E-state index contributed by atoms with van der Waals surface area (Å²) in [5, 5.41) is 18.2. The Morgan fingerprint density at radius 1 is 0.931 bits per heavy atom. The van der Waals surface area contributed by atoms with Crippen LogP contribution in [-0.2, 0) is 14.3 Å². The number of rotatable bonds is 10. The van der Waals surface area contributed by atoms with Crippen molar-refractivity contribution < 1.29 is 29.3 Å². The molecule has 7 nitrogen and oxygen atoms in total. The van der Waals surface area contributed by atoms with Gasteiger partial charge in [-0.3, -0.25) is 0 Å². The maximum atomic E-state index is 9.10. The van der Waals surface area contributed by atoms with Gasteiger partial charge in [0.1, 0.15) is 12.4 Å². The standard InChI is InChI=1S/C20H27NO2.C2H2O4/c1-3-17(2)21-13-14-22-15-16-23-20-12-8-7-11-19(20)18-9-5-4-6-10-18;3-1(4)2(5)6/h4-12,17,21H,3,13-16H2,1-2H3;(H,3,4)(H,5,6). The van der Waals surface area contributed by atoms with E-state index in [1.54, 1.807) is 0 Å². The summed E-state index contributed by atoms with van der Waals surface area (Å²) in [6.07, 6.45) is 1.14. The van der Waals surface area contributed by atoms with E-state index in [0.29, 0.717) is 25.9 Å². The molecule has 29 heavy (non-hydrogen) atoms. The molecule has 0 radical (unpaired) electrons. The first-order chi connectivity index (χ1) is 14.0. The van der Waals surface area contributed by atoms with E-state index in [1.165, 1.54) is 5.56 Å². The molecule has 0 saturated carbocycles. The molecule has 0 aliphatic heterocycles. The Morgan fingerprint density at radius 3 is 2.17 bits per heavy atom. The molecule has 2 aromatic carbocycles. The number of carbonyl (C=O) groups is 2. The SMILES string of the molecule is CCC(C)NCCOCCOc1ccccc1-c1ccccc1.O=C(O)C(=O)O. The molecular formula is C22H29NO6. The second-order valence-corrected chi connectivity index (χ2v) is 6.20. The van der Waals surface area contributed by atoms with Crippen molar-refractivity contribution in [3.05, 3.63) is 54.6 Å². The number of nitrogens with one attached hydrogen (secondary N) is 1. The average molecular weight is 403 g/mol. The number of ether oxygens (including phenoxy) is 2. The minimum Gasteiger partial charge on any atom is -0.491 e. The van der Waals surface area contributed by atoms with E-state index in [1.807, 2.05) is 36.4 Å². The highest BCUT2D eigenvalue weighted by atomic mass is 16.5. The molecule has 0 spiro atoms. The first kappa shape index (κ1) is 24.1. The third kappa shape index (κ3) is 10.3. The molecule has 0 bridgehead atoms. The van der Waals surface area contributed by atoms with Crippen molar-refractivity contribution >= 4 is 11.9 Å². The Morgan fingerprint density at radius 2 is 1.55 bits per heavy atom. The van der Waals surface area contributed by atoms with Crippen molar-refractivity contribution in [3.8, 4) is 16.9 Å². The predicted molar refractivity (Wildman–Crippen MR) is 111 cm³/mol. The van der Waals surface area contributed by atoms with Gasteiger partial charge in [0, 0.05) is 18.2 Å². The van der Waals surface area contributed by atoms with Gasteiger partial charge in [-0.1, -0.05) is 55.5 Å². The summed E-state index contributed by atoms with van der Waals surface area (Å²) in [4.78, 5) is 18.2. The summed E-state index contributed by atoms with van der Waals surface area (Å²) < 4.78 is 11.5. The molecule has 0 fully saturated rings. The molecule has 0 aliphatic carbocycles. The van der Waals surface area contributed by atoms with Crippen molar-refractivity contribution in [3.63, 3.8) is 0 Å². The van der Waals surface area contributed by atoms with Crippen LogP contribution in [0.4, 0.5) is 0 Å². The summed E-state index contributed by atoms with van der Waals surface area (Å²) in [6.45, 7) is 7.13. The van der Waals surface area contributed by atoms with Crippen LogP contribution in [0.5, 0.6) is 5.75 Å². The van der Waals surface area contributed by atoms with Crippen LogP contribution in [0.15, 0.2) is 54.6 Å². The highest BCUT2D eigenvalue weighted by molar-refractivity contribution is 6.27. The van der Waals surface area contributed by atoms with Crippen molar-refractivity contribution in [1.82, 2.24) is 5.32 Å². The number of para-hydroxylation sites is 1. The smallest absolute Gasteiger partial charge is 0.414 e. The van der Waals surface area contributed by atoms with Gasteiger partial charge in [0.2, 0.25) is 0 Å². The first-order valence-corrected chi connectivity index (χ1v) is 9.50. The van der Waals surface area contributed by atoms with Crippen LogP contribution >= 0.6 is 0 Å². The Bertz CT molecular complexity index is 723. The number of hydrogen-bond donors (Lipinski definition) is 3. The molecule has 0 aliphatic rings. The third-order valence-electron chi connectivity index (χ3n) is 3.99. The second kappa shape index (κ2) is 14.1. The Hall–Kier alpha value is -2.90. The average Bonchev–Trinajstić information content (AvgIpc) is 2.74. The van der Waals surface area contributed by atoms with Gasteiger partial charge in [-0.2, -0.15) is 0 Å². The van der Waals surface area contributed by atoms with E-state index in [-0.39, 0.29) is 0 Å². The summed E-state index contributed by atoms with van der Waals surface area (Å²) in [5.41, 5.74) is 2.29. The highest BCUT2D eigenvalue weighted by Crippen LogP contribution is 2.29. The molecule has 7 heteroatoms. The quantitative estimate of drug-likeness (QED) is 0.413. The third-order valence-corrected chi connectivity index (χ3v) is 3.99. The van der Waals surface area contributed by atoms with Crippen molar-refractivity contribution in [2.75, 3.05) is 26.4 Å². The van der Waals surface area contributed by atoms with Gasteiger partial charge in [0.25, 0.3) is 0 Å². The normalized spacial score (nSPS) is 11.1. The number of benzene rings is 2. The van der Waals surface area contributed by atoms with Crippen molar-refractivity contribution in [2.24, 2.45) is 0 Å². The predicted octanol–water partition coefficient (Wildman–Crippen LogP) is 3.29. The fraction of sp³-hybridized carbons (Fsp3) is 0.364. The van der Waals surface area contributed by atoms with E-state index < -0.39 is 11.9 Å². The van der Waals surface area contributed by atoms with Gasteiger partial charge in [-0.25, -0.2) is 9.59 Å². The summed E-state index contributed by atoms with van der Waals surface area (Å²) in [5.74, 6) is -2.75. The van der Waals surface area contributed by atoms with E-state index in [0.717, 1.165) is 24.3 Å². The summed E-state index contributed by atoms with van der Waals surface area (Å²) in [7, 11) is 0. The maximum Gasteiger partial charge on any atom is 0.414 e. The zero-order valence-corrected chi connectivity index (χ0v) is 16.8. The maximum absolute atomic E-state index is 9.10. The zero-order chi connectivity index (χ0) is 21.5. The fourth-order valence-electron chi connectivity index (χ4n) is 2.28. The molecule has 1 unspecified atom stereocenters. The number of aliphatic carboxylic acids is 2. The topological polar surface area (TPSA) is 105 Å². The summed E-state index contributed by atoms with van der Waals surface area (Å²) >= 11 is 0. The molecule has 0 heterocycles. The minimum absolute atomic E-state index is 0.549. The monoisotopic (exact) mass is 403 g/mol. The molecule has 0 amide bonds. The van der Waals surface area contributed by atoms with Crippen molar-refractivity contribution in [1.29, 1.82) is 0 Å². The lowest BCUT2D eigenvalue weighted by molar-refractivity contribution is -0.159. The summed E-state index contributed by atoms with van der Waals surface area (Å²) in [6, 6.07) is 19.0. The number of carboxylic acid groups (broad SMARTS) is 2. The Balaban J connectivity index is 0.000000612. The van der Waals surface area contributed by atoms with Crippen LogP contribution in [0, 0.1) is 0 Å². The molecule has 0 saturated heterocycles. The lowest BCUT2D eigenvalue weighted by Crippen LogP contribution is -2.29. The molecule has 1 atom stereocenters. The lowest BCUT2D eigenvalue weighted by Gasteiger charge is -2.13. The largest absolute Gasteiger partial charge is 0.491 e. The van der Waals surface area contributed by atoms with E-state index in [9.17, 15) is 0 Å². The van der Waals surface area contributed by atoms with Crippen LogP contribution in [-0.4, -0.2) is 54.6 Å². The lowest BCUT2D eigenvalue weighted by atomic mass is 10.1. The van der Waals surface area contributed by atoms with Crippen molar-refractivity contribution in [2.45, 2.75) is 26.3 Å². The fourth-order valence-corrected chi connectivity index (χ4v) is 2.28. The molecular weight excluding hydrogens is 374 g/mol. The van der Waals surface area contributed by atoms with Gasteiger partial charge in [0.15, 0.2) is 0 Å². The van der Waals surface area contributed by atoms with E-state index >= 15 is 0 Å². The Kier molecular flexibility index (Phi) is 11.8. The molecule has 158 valence electrons. The van der Waals surface area contributed by atoms with Crippen LogP contribution in [0.3, 0.4) is 0 Å². The van der Waals surface area contributed by atoms with Gasteiger partial charge < -0.3 is 25.0 Å². The first-order valence-electron chi connectivity index (χ1n) is 9.50. The van der Waals surface area contributed by atoms with Gasteiger partial charge in [-0.05, 0) is 25.0 Å². The van der Waals surface area contributed by atoms with E-state index in [4.69, 9.17) is 29.3 Å². The Labute approximate surface area is 171 Å². The molecule has 3 N–H and O–H groups in total. The number of carboxylic acids is 2.